The lowest BCUT2D eigenvalue weighted by molar-refractivity contribution is 0.393. The first kappa shape index (κ1) is 17.2. The lowest BCUT2D eigenvalue weighted by Gasteiger charge is -2.12. The first-order valence-electron chi connectivity index (χ1n) is 7.91. The van der Waals surface area contributed by atoms with Gasteiger partial charge in [-0.1, -0.05) is 29.4 Å². The van der Waals surface area contributed by atoms with Gasteiger partial charge in [-0.3, -0.25) is 4.72 Å². The molecule has 0 radical (unpaired) electrons. The fourth-order valence-corrected chi connectivity index (χ4v) is 3.87. The van der Waals surface area contributed by atoms with E-state index in [9.17, 15) is 8.42 Å². The highest BCUT2D eigenvalue weighted by molar-refractivity contribution is 7.92. The second-order valence-corrected chi connectivity index (χ2v) is 7.83. The van der Waals surface area contributed by atoms with Crippen LogP contribution in [0.1, 0.15) is 22.6 Å². The molecule has 1 aromatic heterocycles. The predicted molar refractivity (Wildman–Crippen MR) is 98.1 cm³/mol. The minimum Gasteiger partial charge on any atom is -0.361 e. The maximum absolute atomic E-state index is 12.7. The Morgan fingerprint density at radius 3 is 2.24 bits per heavy atom. The van der Waals surface area contributed by atoms with Crippen LogP contribution in [0, 0.1) is 27.7 Å². The number of nitrogens with one attached hydrogen (secondary N) is 1. The predicted octanol–water partition coefficient (Wildman–Crippen LogP) is 4.38. The van der Waals surface area contributed by atoms with Crippen LogP contribution in [0.5, 0.6) is 0 Å². The number of hydrogen-bond acceptors (Lipinski definition) is 4. The highest BCUT2D eigenvalue weighted by atomic mass is 32.2. The van der Waals surface area contributed by atoms with E-state index in [2.05, 4.69) is 9.88 Å². The van der Waals surface area contributed by atoms with Gasteiger partial charge in [0.05, 0.1) is 16.3 Å². The summed E-state index contributed by atoms with van der Waals surface area (Å²) >= 11 is 0. The van der Waals surface area contributed by atoms with Gasteiger partial charge in [0.25, 0.3) is 10.0 Å². The van der Waals surface area contributed by atoms with Gasteiger partial charge in [-0.25, -0.2) is 8.42 Å². The molecule has 0 aliphatic rings. The van der Waals surface area contributed by atoms with Crippen molar-refractivity contribution in [2.75, 3.05) is 4.72 Å². The van der Waals surface area contributed by atoms with E-state index < -0.39 is 10.0 Å². The first-order valence-corrected chi connectivity index (χ1v) is 9.39. The van der Waals surface area contributed by atoms with Gasteiger partial charge in [-0.15, -0.1) is 0 Å². The van der Waals surface area contributed by atoms with Crippen molar-refractivity contribution in [3.05, 3.63) is 65.0 Å². The van der Waals surface area contributed by atoms with Crippen molar-refractivity contribution in [3.63, 3.8) is 0 Å². The largest absolute Gasteiger partial charge is 0.361 e. The topological polar surface area (TPSA) is 72.2 Å². The van der Waals surface area contributed by atoms with E-state index in [0.29, 0.717) is 11.4 Å². The molecule has 5 nitrogen and oxygen atoms in total. The average molecular weight is 356 g/mol. The van der Waals surface area contributed by atoms with Gasteiger partial charge < -0.3 is 4.52 Å². The number of aromatic nitrogens is 1. The van der Waals surface area contributed by atoms with Crippen molar-refractivity contribution in [2.45, 2.75) is 32.6 Å². The molecule has 1 N–H and O–H groups in total. The van der Waals surface area contributed by atoms with E-state index >= 15 is 0 Å². The van der Waals surface area contributed by atoms with E-state index in [1.54, 1.807) is 24.3 Å². The normalized spacial score (nSPS) is 11.5. The Morgan fingerprint density at radius 2 is 1.64 bits per heavy atom. The molecule has 130 valence electrons. The minimum atomic E-state index is -3.65. The van der Waals surface area contributed by atoms with Crippen molar-refractivity contribution in [2.24, 2.45) is 0 Å². The van der Waals surface area contributed by atoms with Crippen molar-refractivity contribution in [1.82, 2.24) is 5.16 Å². The maximum atomic E-state index is 12.7. The second kappa shape index (κ2) is 6.37. The van der Waals surface area contributed by atoms with Crippen LogP contribution in [-0.2, 0) is 10.0 Å². The van der Waals surface area contributed by atoms with Crippen LogP contribution >= 0.6 is 0 Å². The van der Waals surface area contributed by atoms with E-state index in [0.717, 1.165) is 27.9 Å². The van der Waals surface area contributed by atoms with Gasteiger partial charge >= 0.3 is 0 Å². The molecule has 0 spiro atoms. The Hall–Kier alpha value is -2.60. The van der Waals surface area contributed by atoms with Crippen LogP contribution in [0.15, 0.2) is 51.9 Å². The summed E-state index contributed by atoms with van der Waals surface area (Å²) in [5.74, 6) is 0.710. The number of aryl methyl sites for hydroxylation is 4. The molecule has 0 aliphatic heterocycles. The number of sulfonamides is 1. The van der Waals surface area contributed by atoms with Crippen LogP contribution < -0.4 is 4.72 Å². The minimum absolute atomic E-state index is 0.212. The van der Waals surface area contributed by atoms with Crippen LogP contribution in [0.25, 0.3) is 11.1 Å². The van der Waals surface area contributed by atoms with Gasteiger partial charge in [0, 0.05) is 5.56 Å². The number of hydrogen-bond donors (Lipinski definition) is 1. The number of rotatable bonds is 4. The molecule has 0 bridgehead atoms. The third-order valence-corrected chi connectivity index (χ3v) is 5.51. The molecule has 6 heteroatoms. The van der Waals surface area contributed by atoms with Crippen LogP contribution in [0.4, 0.5) is 5.69 Å². The molecule has 2 aromatic carbocycles. The summed E-state index contributed by atoms with van der Waals surface area (Å²) in [5.41, 5.74) is 5.02. The summed E-state index contributed by atoms with van der Waals surface area (Å²) in [6, 6.07) is 12.4. The van der Waals surface area contributed by atoms with E-state index in [4.69, 9.17) is 4.52 Å². The standard InChI is InChI=1S/C19H20N2O3S/c1-12-5-6-13(2)18(11-12)21-25(22,23)17-9-7-16(8-10-17)19-14(3)20-24-15(19)4/h5-11,21H,1-4H3. The Balaban J connectivity index is 1.92. The van der Waals surface area contributed by atoms with Gasteiger partial charge in [0.2, 0.25) is 0 Å². The van der Waals surface area contributed by atoms with E-state index in [1.807, 2.05) is 45.9 Å². The molecule has 0 unspecified atom stereocenters. The molecule has 0 fully saturated rings. The second-order valence-electron chi connectivity index (χ2n) is 6.15. The smallest absolute Gasteiger partial charge is 0.261 e. The summed E-state index contributed by atoms with van der Waals surface area (Å²) < 4.78 is 33.1. The molecule has 0 saturated carbocycles. The van der Waals surface area contributed by atoms with E-state index in [-0.39, 0.29) is 4.90 Å². The molecular weight excluding hydrogens is 336 g/mol. The summed E-state index contributed by atoms with van der Waals surface area (Å²) in [7, 11) is -3.65. The van der Waals surface area contributed by atoms with Gasteiger partial charge in [0.1, 0.15) is 5.76 Å². The number of anilines is 1. The third kappa shape index (κ3) is 3.44. The first-order chi connectivity index (χ1) is 11.8. The van der Waals surface area contributed by atoms with Gasteiger partial charge in [-0.05, 0) is 62.6 Å². The highest BCUT2D eigenvalue weighted by Gasteiger charge is 2.17. The molecule has 0 aliphatic carbocycles. The zero-order valence-electron chi connectivity index (χ0n) is 14.6. The van der Waals surface area contributed by atoms with Crippen LogP contribution in [-0.4, -0.2) is 13.6 Å². The molecule has 0 amide bonds. The summed E-state index contributed by atoms with van der Waals surface area (Å²) in [6.45, 7) is 7.49. The highest BCUT2D eigenvalue weighted by Crippen LogP contribution is 2.28. The summed E-state index contributed by atoms with van der Waals surface area (Å²) in [4.78, 5) is 0.212. The molecule has 0 saturated heterocycles. The monoisotopic (exact) mass is 356 g/mol. The molecule has 1 heterocycles. The zero-order valence-corrected chi connectivity index (χ0v) is 15.4. The Bertz CT molecular complexity index is 1000. The summed E-state index contributed by atoms with van der Waals surface area (Å²) in [5, 5.41) is 3.93. The fraction of sp³-hybridized carbons (Fsp3) is 0.211. The third-order valence-electron chi connectivity index (χ3n) is 4.12. The number of nitrogens with zero attached hydrogens (tertiary/aromatic N) is 1. The van der Waals surface area contributed by atoms with E-state index in [1.165, 1.54) is 0 Å². The molecule has 25 heavy (non-hydrogen) atoms. The van der Waals surface area contributed by atoms with Crippen LogP contribution in [0.3, 0.4) is 0 Å². The fourth-order valence-electron chi connectivity index (χ4n) is 2.75. The Kier molecular flexibility index (Phi) is 4.39. The SMILES string of the molecule is Cc1ccc(C)c(NS(=O)(=O)c2ccc(-c3c(C)noc3C)cc2)c1. The van der Waals surface area contributed by atoms with Crippen molar-refractivity contribution in [1.29, 1.82) is 0 Å². The molecule has 3 aromatic rings. The van der Waals surface area contributed by atoms with Crippen LogP contribution in [0.2, 0.25) is 0 Å². The van der Waals surface area contributed by atoms with Crippen molar-refractivity contribution >= 4 is 15.7 Å². The lowest BCUT2D eigenvalue weighted by atomic mass is 10.0. The lowest BCUT2D eigenvalue weighted by Crippen LogP contribution is -2.13. The quantitative estimate of drug-likeness (QED) is 0.753. The number of benzene rings is 2. The van der Waals surface area contributed by atoms with Crippen molar-refractivity contribution < 1.29 is 12.9 Å². The molecular formula is C19H20N2O3S. The zero-order chi connectivity index (χ0) is 18.2. The Labute approximate surface area is 147 Å². The molecule has 3 rings (SSSR count). The van der Waals surface area contributed by atoms with Gasteiger partial charge in [-0.2, -0.15) is 0 Å². The summed E-state index contributed by atoms with van der Waals surface area (Å²) in [6.07, 6.45) is 0. The molecule has 0 atom stereocenters. The van der Waals surface area contributed by atoms with Gasteiger partial charge in [0.15, 0.2) is 0 Å². The van der Waals surface area contributed by atoms with Crippen molar-refractivity contribution in [3.8, 4) is 11.1 Å². The Morgan fingerprint density at radius 1 is 0.960 bits per heavy atom. The average Bonchev–Trinajstić information content (AvgIpc) is 2.90. The maximum Gasteiger partial charge on any atom is 0.261 e.